The SMILES string of the molecule is O=C(CSc1nccc(=O)[nH]1)c1ccc(Cl)s1. The second kappa shape index (κ2) is 5.48. The zero-order valence-corrected chi connectivity index (χ0v) is 10.9. The normalized spacial score (nSPS) is 10.4. The van der Waals surface area contributed by atoms with Crippen molar-refractivity contribution < 1.29 is 4.79 Å². The van der Waals surface area contributed by atoms with Crippen molar-refractivity contribution in [3.8, 4) is 0 Å². The molecule has 0 aromatic carbocycles. The number of carbonyl (C=O) groups excluding carboxylic acids is 1. The molecule has 1 N–H and O–H groups in total. The summed E-state index contributed by atoms with van der Waals surface area (Å²) in [6.07, 6.45) is 1.41. The first-order valence-electron chi connectivity index (χ1n) is 4.62. The molecule has 7 heteroatoms. The maximum atomic E-state index is 11.7. The summed E-state index contributed by atoms with van der Waals surface area (Å²) in [5, 5.41) is 0.438. The highest BCUT2D eigenvalue weighted by Crippen LogP contribution is 2.23. The number of nitrogens with zero attached hydrogens (tertiary/aromatic N) is 1. The van der Waals surface area contributed by atoms with E-state index in [2.05, 4.69) is 9.97 Å². The van der Waals surface area contributed by atoms with E-state index >= 15 is 0 Å². The number of halogens is 1. The van der Waals surface area contributed by atoms with E-state index in [4.69, 9.17) is 11.6 Å². The highest BCUT2D eigenvalue weighted by atomic mass is 35.5. The van der Waals surface area contributed by atoms with Crippen molar-refractivity contribution in [3.05, 3.63) is 44.0 Å². The van der Waals surface area contributed by atoms with Gasteiger partial charge < -0.3 is 4.98 Å². The van der Waals surface area contributed by atoms with Crippen LogP contribution in [0.3, 0.4) is 0 Å². The van der Waals surface area contributed by atoms with Crippen molar-refractivity contribution in [3.63, 3.8) is 0 Å². The number of rotatable bonds is 4. The van der Waals surface area contributed by atoms with E-state index in [9.17, 15) is 9.59 Å². The lowest BCUT2D eigenvalue weighted by Crippen LogP contribution is -2.07. The Kier molecular flexibility index (Phi) is 3.98. The fourth-order valence-electron chi connectivity index (χ4n) is 1.09. The molecule has 2 aromatic rings. The lowest BCUT2D eigenvalue weighted by molar-refractivity contribution is 0.102. The first-order valence-corrected chi connectivity index (χ1v) is 6.80. The molecule has 0 aliphatic heterocycles. The zero-order valence-electron chi connectivity index (χ0n) is 8.47. The van der Waals surface area contributed by atoms with Gasteiger partial charge in [0.2, 0.25) is 0 Å². The molecular weight excluding hydrogens is 280 g/mol. The van der Waals surface area contributed by atoms with Gasteiger partial charge in [0.25, 0.3) is 5.56 Å². The zero-order chi connectivity index (χ0) is 12.3. The van der Waals surface area contributed by atoms with Gasteiger partial charge in [0.1, 0.15) is 0 Å². The fraction of sp³-hybridized carbons (Fsp3) is 0.100. The number of hydrogen-bond acceptors (Lipinski definition) is 5. The largest absolute Gasteiger partial charge is 0.301 e. The van der Waals surface area contributed by atoms with E-state index in [0.29, 0.717) is 14.4 Å². The Hall–Kier alpha value is -1.11. The average molecular weight is 287 g/mol. The summed E-state index contributed by atoms with van der Waals surface area (Å²) < 4.78 is 0.588. The van der Waals surface area contributed by atoms with Crippen LogP contribution in [-0.4, -0.2) is 21.5 Å². The second-order valence-electron chi connectivity index (χ2n) is 3.05. The average Bonchev–Trinajstić information content (AvgIpc) is 2.73. The van der Waals surface area contributed by atoms with Gasteiger partial charge in [0.15, 0.2) is 10.9 Å². The minimum Gasteiger partial charge on any atom is -0.301 e. The number of aromatic nitrogens is 2. The summed E-state index contributed by atoms with van der Waals surface area (Å²) in [6.45, 7) is 0. The summed E-state index contributed by atoms with van der Waals surface area (Å²) in [5.41, 5.74) is -0.228. The van der Waals surface area contributed by atoms with Crippen LogP contribution in [0, 0.1) is 0 Å². The van der Waals surface area contributed by atoms with Crippen LogP contribution in [0.1, 0.15) is 9.67 Å². The predicted molar refractivity (Wildman–Crippen MR) is 69.2 cm³/mol. The van der Waals surface area contributed by atoms with E-state index < -0.39 is 0 Å². The second-order valence-corrected chi connectivity index (χ2v) is 5.73. The van der Waals surface area contributed by atoms with E-state index in [-0.39, 0.29) is 17.1 Å². The third-order valence-corrected chi connectivity index (χ3v) is 4.00. The van der Waals surface area contributed by atoms with Crippen LogP contribution in [0.4, 0.5) is 0 Å². The highest BCUT2D eigenvalue weighted by molar-refractivity contribution is 7.99. The quantitative estimate of drug-likeness (QED) is 0.533. The van der Waals surface area contributed by atoms with Gasteiger partial charge in [-0.3, -0.25) is 9.59 Å². The van der Waals surface area contributed by atoms with Crippen LogP contribution in [0.15, 0.2) is 34.3 Å². The summed E-state index contributed by atoms with van der Waals surface area (Å²) >= 11 is 8.18. The smallest absolute Gasteiger partial charge is 0.251 e. The Morgan fingerprint density at radius 3 is 2.94 bits per heavy atom. The molecule has 4 nitrogen and oxygen atoms in total. The van der Waals surface area contributed by atoms with Gasteiger partial charge in [-0.2, -0.15) is 0 Å². The third-order valence-electron chi connectivity index (χ3n) is 1.84. The molecular formula is C10H7ClN2O2S2. The molecule has 0 unspecified atom stereocenters. The molecule has 88 valence electrons. The summed E-state index contributed by atoms with van der Waals surface area (Å²) in [5.74, 6) is 0.197. The molecule has 0 radical (unpaired) electrons. The first kappa shape index (κ1) is 12.3. The molecule has 0 amide bonds. The van der Waals surface area contributed by atoms with Gasteiger partial charge in [-0.15, -0.1) is 11.3 Å². The molecule has 2 rings (SSSR count). The number of ketones is 1. The Morgan fingerprint density at radius 1 is 1.47 bits per heavy atom. The van der Waals surface area contributed by atoms with Crippen LogP contribution in [-0.2, 0) is 0 Å². The monoisotopic (exact) mass is 286 g/mol. The number of hydrogen-bond donors (Lipinski definition) is 1. The van der Waals surface area contributed by atoms with Crippen LogP contribution in [0.25, 0.3) is 0 Å². The molecule has 0 saturated heterocycles. The minimum absolute atomic E-state index is 0.0293. The predicted octanol–water partition coefficient (Wildman–Crippen LogP) is 2.46. The van der Waals surface area contributed by atoms with Crippen molar-refractivity contribution in [1.82, 2.24) is 9.97 Å². The molecule has 0 aliphatic rings. The number of thiophene rings is 1. The van der Waals surface area contributed by atoms with E-state index in [0.717, 1.165) is 0 Å². The Morgan fingerprint density at radius 2 is 2.29 bits per heavy atom. The van der Waals surface area contributed by atoms with Gasteiger partial charge in [-0.25, -0.2) is 4.98 Å². The van der Waals surface area contributed by atoms with Crippen molar-refractivity contribution >= 4 is 40.5 Å². The van der Waals surface area contributed by atoms with Crippen LogP contribution >= 0.6 is 34.7 Å². The van der Waals surface area contributed by atoms with Gasteiger partial charge in [-0.1, -0.05) is 23.4 Å². The van der Waals surface area contributed by atoms with E-state index in [1.54, 1.807) is 12.1 Å². The maximum absolute atomic E-state index is 11.7. The van der Waals surface area contributed by atoms with Gasteiger partial charge >= 0.3 is 0 Å². The third kappa shape index (κ3) is 3.42. The number of nitrogens with one attached hydrogen (secondary N) is 1. The Balaban J connectivity index is 1.99. The standard InChI is InChI=1S/C10H7ClN2O2S2/c11-8-2-1-7(17-8)6(14)5-16-10-12-4-3-9(15)13-10/h1-4H,5H2,(H,12,13,15). The number of carbonyl (C=O) groups is 1. The van der Waals surface area contributed by atoms with Crippen molar-refractivity contribution in [1.29, 1.82) is 0 Å². The summed E-state index contributed by atoms with van der Waals surface area (Å²) in [6, 6.07) is 4.70. The molecule has 0 atom stereocenters. The first-order chi connectivity index (χ1) is 8.15. The number of aromatic amines is 1. The van der Waals surface area contributed by atoms with Crippen LogP contribution in [0.2, 0.25) is 4.34 Å². The number of Topliss-reactive ketones (excluding diaryl/α,β-unsaturated/α-hetero) is 1. The summed E-state index contributed by atoms with van der Waals surface area (Å²) in [7, 11) is 0. The minimum atomic E-state index is -0.228. The summed E-state index contributed by atoms with van der Waals surface area (Å²) in [4.78, 5) is 29.8. The van der Waals surface area contributed by atoms with Crippen LogP contribution < -0.4 is 5.56 Å². The highest BCUT2D eigenvalue weighted by Gasteiger charge is 2.10. The van der Waals surface area contributed by atoms with Crippen molar-refractivity contribution in [2.24, 2.45) is 0 Å². The number of thioether (sulfide) groups is 1. The molecule has 2 aromatic heterocycles. The van der Waals surface area contributed by atoms with Crippen molar-refractivity contribution in [2.45, 2.75) is 5.16 Å². The molecule has 0 bridgehead atoms. The van der Waals surface area contributed by atoms with Gasteiger partial charge in [0, 0.05) is 12.3 Å². The van der Waals surface area contributed by atoms with Gasteiger partial charge in [-0.05, 0) is 12.1 Å². The Labute approximate surface area is 110 Å². The Bertz CT molecular complexity index is 594. The number of H-pyrrole nitrogens is 1. The molecule has 2 heterocycles. The van der Waals surface area contributed by atoms with Gasteiger partial charge in [0.05, 0.1) is 15.0 Å². The maximum Gasteiger partial charge on any atom is 0.251 e. The van der Waals surface area contributed by atoms with E-state index in [1.807, 2.05) is 0 Å². The lowest BCUT2D eigenvalue weighted by Gasteiger charge is -1.97. The fourth-order valence-corrected chi connectivity index (χ4v) is 2.90. The molecule has 17 heavy (non-hydrogen) atoms. The molecule has 0 spiro atoms. The topological polar surface area (TPSA) is 62.8 Å². The lowest BCUT2D eigenvalue weighted by atomic mass is 10.4. The van der Waals surface area contributed by atoms with Crippen molar-refractivity contribution in [2.75, 3.05) is 5.75 Å². The molecule has 0 saturated carbocycles. The molecule has 0 aliphatic carbocycles. The van der Waals surface area contributed by atoms with E-state index in [1.165, 1.54) is 35.4 Å². The van der Waals surface area contributed by atoms with Crippen LogP contribution in [0.5, 0.6) is 0 Å². The molecule has 0 fully saturated rings.